The molecule has 4 aromatic rings. The normalized spacial score (nSPS) is 16.1. The van der Waals surface area contributed by atoms with Crippen LogP contribution in [-0.4, -0.2) is 10.2 Å². The van der Waals surface area contributed by atoms with E-state index in [9.17, 15) is 9.59 Å². The summed E-state index contributed by atoms with van der Waals surface area (Å²) in [6.45, 7) is 0. The smallest absolute Gasteiger partial charge is 0.224 e. The van der Waals surface area contributed by atoms with Crippen molar-refractivity contribution in [2.45, 2.75) is 9.16 Å². The highest BCUT2D eigenvalue weighted by molar-refractivity contribution is 8.47. The van der Waals surface area contributed by atoms with Crippen molar-refractivity contribution in [3.63, 3.8) is 0 Å². The number of hydrogen-bond donors (Lipinski definition) is 0. The molecule has 0 amide bonds. The lowest BCUT2D eigenvalue weighted by atomic mass is 10.0. The fourth-order valence-electron chi connectivity index (χ4n) is 4.02. The zero-order chi connectivity index (χ0) is 23.8. The van der Waals surface area contributed by atoms with Gasteiger partial charge < -0.3 is 0 Å². The van der Waals surface area contributed by atoms with E-state index in [1.165, 1.54) is 45.4 Å². The number of hydrogen-bond acceptors (Lipinski definition) is 7. The second-order valence-corrected chi connectivity index (χ2v) is 14.9. The Labute approximate surface area is 225 Å². The largest absolute Gasteiger partial charge is 0.281 e. The topological polar surface area (TPSA) is 34.1 Å². The number of fused-ring (bicyclic) bond motifs is 3. The maximum Gasteiger partial charge on any atom is 0.224 e. The van der Waals surface area contributed by atoms with Gasteiger partial charge in [-0.25, -0.2) is 0 Å². The number of thioether (sulfide) groups is 5. The Morgan fingerprint density at radius 1 is 0.657 bits per heavy atom. The average molecular weight is 547 g/mol. The van der Waals surface area contributed by atoms with Gasteiger partial charge in [0, 0.05) is 16.9 Å². The van der Waals surface area contributed by atoms with Gasteiger partial charge in [0.1, 0.15) is 3.41 Å². The molecule has 0 unspecified atom stereocenters. The van der Waals surface area contributed by atoms with Gasteiger partial charge in [0.15, 0.2) is 0 Å². The molecule has 7 heteroatoms. The van der Waals surface area contributed by atoms with E-state index < -0.39 is 0 Å². The zero-order valence-electron chi connectivity index (χ0n) is 18.3. The molecule has 2 aliphatic heterocycles. The number of carbonyl (C=O) groups is 2. The van der Waals surface area contributed by atoms with Crippen molar-refractivity contribution in [3.8, 4) is 0 Å². The Kier molecular flexibility index (Phi) is 6.54. The lowest BCUT2D eigenvalue weighted by molar-refractivity contribution is 0.108. The van der Waals surface area contributed by atoms with Crippen LogP contribution < -0.4 is 0 Å². The Morgan fingerprint density at radius 3 is 1.69 bits per heavy atom. The fraction of sp³-hybridized carbons (Fsp3) is 0.0714. The number of benzene rings is 4. The van der Waals surface area contributed by atoms with Crippen molar-refractivity contribution < 1.29 is 9.59 Å². The lowest BCUT2D eigenvalue weighted by Crippen LogP contribution is -2.05. The van der Waals surface area contributed by atoms with Gasteiger partial charge >= 0.3 is 0 Å². The summed E-state index contributed by atoms with van der Waals surface area (Å²) in [4.78, 5) is 26.3. The predicted molar refractivity (Wildman–Crippen MR) is 156 cm³/mol. The van der Waals surface area contributed by atoms with Crippen LogP contribution in [0.15, 0.2) is 106 Å². The summed E-state index contributed by atoms with van der Waals surface area (Å²) in [6, 6.07) is 31.7. The molecule has 35 heavy (non-hydrogen) atoms. The van der Waals surface area contributed by atoms with Crippen LogP contribution >= 0.6 is 58.8 Å². The van der Waals surface area contributed by atoms with E-state index in [4.69, 9.17) is 0 Å². The first-order valence-corrected chi connectivity index (χ1v) is 15.2. The van der Waals surface area contributed by atoms with Crippen LogP contribution in [0.4, 0.5) is 0 Å². The van der Waals surface area contributed by atoms with Crippen molar-refractivity contribution in [1.29, 1.82) is 0 Å². The van der Waals surface area contributed by atoms with Gasteiger partial charge in [-0.3, -0.25) is 9.59 Å². The van der Waals surface area contributed by atoms with E-state index in [-0.39, 0.29) is 13.6 Å². The molecule has 4 aromatic carbocycles. The molecule has 0 saturated carbocycles. The SMILES string of the molecule is O=C(SC1=C(SC(=O)c2ccccc2)SC2(SCc3cc4ccccc4cc32)S1)c1ccccc1. The molecule has 0 bridgehead atoms. The van der Waals surface area contributed by atoms with Crippen molar-refractivity contribution in [2.75, 3.05) is 0 Å². The molecule has 0 atom stereocenters. The Hall–Kier alpha value is -2.03. The van der Waals surface area contributed by atoms with E-state index in [1.807, 2.05) is 72.4 Å². The van der Waals surface area contributed by atoms with Gasteiger partial charge in [0.05, 0.1) is 8.47 Å². The molecule has 0 aromatic heterocycles. The van der Waals surface area contributed by atoms with Crippen LogP contribution in [0.25, 0.3) is 10.8 Å². The Balaban J connectivity index is 1.36. The average Bonchev–Trinajstić information content (AvgIpc) is 3.42. The van der Waals surface area contributed by atoms with Crippen molar-refractivity contribution in [3.05, 3.63) is 128 Å². The predicted octanol–water partition coefficient (Wildman–Crippen LogP) is 8.95. The van der Waals surface area contributed by atoms with Crippen molar-refractivity contribution >= 4 is 79.8 Å². The highest BCUT2D eigenvalue weighted by Crippen LogP contribution is 2.73. The Bertz CT molecular complexity index is 1420. The highest BCUT2D eigenvalue weighted by atomic mass is 32.3. The molecule has 0 radical (unpaired) electrons. The van der Waals surface area contributed by atoms with Gasteiger partial charge in [-0.05, 0) is 57.6 Å². The van der Waals surface area contributed by atoms with Gasteiger partial charge in [0.2, 0.25) is 10.2 Å². The molecule has 2 aliphatic rings. The van der Waals surface area contributed by atoms with Crippen molar-refractivity contribution in [1.82, 2.24) is 0 Å². The second-order valence-electron chi connectivity index (χ2n) is 7.99. The minimum atomic E-state index is -0.294. The lowest BCUT2D eigenvalue weighted by Gasteiger charge is -2.22. The molecule has 0 aliphatic carbocycles. The summed E-state index contributed by atoms with van der Waals surface area (Å²) in [5, 5.41) is 2.45. The van der Waals surface area contributed by atoms with Crippen LogP contribution in [0.1, 0.15) is 31.8 Å². The summed E-state index contributed by atoms with van der Waals surface area (Å²) in [7, 11) is 0. The van der Waals surface area contributed by atoms with Crippen LogP contribution in [0, 0.1) is 0 Å². The molecule has 0 fully saturated rings. The van der Waals surface area contributed by atoms with E-state index in [0.29, 0.717) is 11.1 Å². The third kappa shape index (κ3) is 4.60. The van der Waals surface area contributed by atoms with Gasteiger partial charge in [0.25, 0.3) is 0 Å². The molecule has 2 heterocycles. The molecule has 172 valence electrons. The summed E-state index contributed by atoms with van der Waals surface area (Å²) in [5.41, 5.74) is 3.94. The highest BCUT2D eigenvalue weighted by Gasteiger charge is 2.49. The molecule has 6 rings (SSSR count). The Morgan fingerprint density at radius 2 is 1.14 bits per heavy atom. The minimum absolute atomic E-state index is 0.00209. The standard InChI is InChI=1S/C28H18O2S5/c29-24(18-9-3-1-4-10-18)32-26-27(33-25(30)19-11-5-2-6-12-19)35-28(34-26)23-16-21-14-8-7-13-20(21)15-22(23)17-31-28/h1-16H,17H2. The summed E-state index contributed by atoms with van der Waals surface area (Å²) in [6.07, 6.45) is 0. The molecular formula is C28H18O2S5. The first-order chi connectivity index (χ1) is 17.1. The third-order valence-electron chi connectivity index (χ3n) is 5.73. The van der Waals surface area contributed by atoms with Gasteiger partial charge in [-0.2, -0.15) is 0 Å². The van der Waals surface area contributed by atoms with Gasteiger partial charge in [-0.1, -0.05) is 108 Å². The first-order valence-electron chi connectivity index (χ1n) is 10.9. The monoisotopic (exact) mass is 546 g/mol. The van der Waals surface area contributed by atoms with E-state index >= 15 is 0 Å². The summed E-state index contributed by atoms with van der Waals surface area (Å²) >= 11 is 7.79. The number of carbonyl (C=O) groups excluding carboxylic acids is 2. The maximum atomic E-state index is 13.1. The van der Waals surface area contributed by atoms with Crippen LogP contribution in [0.2, 0.25) is 0 Å². The molecule has 2 nitrogen and oxygen atoms in total. The zero-order valence-corrected chi connectivity index (χ0v) is 22.4. The number of rotatable bonds is 4. The maximum absolute atomic E-state index is 13.1. The quantitative estimate of drug-likeness (QED) is 0.253. The van der Waals surface area contributed by atoms with Crippen LogP contribution in [0.3, 0.4) is 0 Å². The van der Waals surface area contributed by atoms with Crippen LogP contribution in [0.5, 0.6) is 0 Å². The first kappa shape index (κ1) is 23.4. The summed E-state index contributed by atoms with van der Waals surface area (Å²) in [5.74, 6) is 0.912. The molecule has 1 spiro atoms. The fourth-order valence-corrected chi connectivity index (χ4v) is 12.4. The van der Waals surface area contributed by atoms with Crippen LogP contribution in [-0.2, 0) is 9.16 Å². The van der Waals surface area contributed by atoms with E-state index in [2.05, 4.69) is 36.4 Å². The third-order valence-corrected chi connectivity index (χ3v) is 13.4. The van der Waals surface area contributed by atoms with E-state index in [0.717, 1.165) is 14.2 Å². The molecule has 0 saturated heterocycles. The second kappa shape index (κ2) is 9.79. The molecule has 0 N–H and O–H groups in total. The summed E-state index contributed by atoms with van der Waals surface area (Å²) < 4.78 is 1.52. The molecular weight excluding hydrogens is 529 g/mol. The van der Waals surface area contributed by atoms with Crippen molar-refractivity contribution in [2.24, 2.45) is 0 Å². The van der Waals surface area contributed by atoms with E-state index in [1.54, 1.807) is 23.5 Å². The minimum Gasteiger partial charge on any atom is -0.281 e. The van der Waals surface area contributed by atoms with Gasteiger partial charge in [-0.15, -0.1) is 11.8 Å².